The third-order valence-corrected chi connectivity index (χ3v) is 2.43. The van der Waals surface area contributed by atoms with Crippen molar-refractivity contribution in [1.29, 1.82) is 0 Å². The molecule has 0 fully saturated rings. The van der Waals surface area contributed by atoms with Gasteiger partial charge in [0.05, 0.1) is 5.37 Å². The zero-order chi connectivity index (χ0) is 11.9. The zero-order valence-corrected chi connectivity index (χ0v) is 10.5. The molecule has 0 aliphatic heterocycles. The molecule has 88 valence electrons. The van der Waals surface area contributed by atoms with Crippen LogP contribution in [0.2, 0.25) is 0 Å². The first-order valence-electron chi connectivity index (χ1n) is 4.85. The van der Waals surface area contributed by atoms with Crippen LogP contribution in [0.4, 0.5) is 4.79 Å². The molecule has 0 aliphatic rings. The molecule has 1 amide bonds. The number of hydrogen-bond donors (Lipinski definition) is 1. The Hall–Kier alpha value is -0.710. The molecule has 0 aromatic rings. The van der Waals surface area contributed by atoms with E-state index < -0.39 is 11.7 Å². The maximum atomic E-state index is 11.4. The van der Waals surface area contributed by atoms with Crippen LogP contribution in [0.3, 0.4) is 0 Å². The van der Waals surface area contributed by atoms with Gasteiger partial charge in [0, 0.05) is 6.42 Å². The van der Waals surface area contributed by atoms with E-state index in [0.717, 1.165) is 6.29 Å². The second-order valence-electron chi connectivity index (χ2n) is 4.11. The molecular formula is C10H19NO3S. The lowest BCUT2D eigenvalue weighted by molar-refractivity contribution is -0.107. The van der Waals surface area contributed by atoms with Crippen molar-refractivity contribution in [2.24, 2.45) is 0 Å². The highest BCUT2D eigenvalue weighted by atomic mass is 32.2. The van der Waals surface area contributed by atoms with Crippen molar-refractivity contribution in [3.8, 4) is 0 Å². The highest BCUT2D eigenvalue weighted by Gasteiger charge is 2.18. The van der Waals surface area contributed by atoms with Gasteiger partial charge in [-0.15, -0.1) is 11.8 Å². The predicted molar refractivity (Wildman–Crippen MR) is 62.0 cm³/mol. The Morgan fingerprint density at radius 3 is 2.53 bits per heavy atom. The minimum absolute atomic E-state index is 0.0648. The van der Waals surface area contributed by atoms with E-state index in [9.17, 15) is 9.59 Å². The molecule has 0 spiro atoms. The lowest BCUT2D eigenvalue weighted by Gasteiger charge is -2.22. The number of nitrogens with one attached hydrogen (secondary N) is 1. The Bertz CT molecular complexity index is 213. The predicted octanol–water partition coefficient (Wildman–Crippen LogP) is 2.18. The van der Waals surface area contributed by atoms with Crippen LogP contribution in [0.1, 0.15) is 33.6 Å². The molecule has 0 saturated heterocycles. The van der Waals surface area contributed by atoms with E-state index >= 15 is 0 Å². The van der Waals surface area contributed by atoms with Gasteiger partial charge in [-0.3, -0.25) is 0 Å². The molecule has 1 atom stereocenters. The van der Waals surface area contributed by atoms with Crippen LogP contribution in [0.25, 0.3) is 0 Å². The Morgan fingerprint density at radius 2 is 2.13 bits per heavy atom. The molecule has 4 nitrogen and oxygen atoms in total. The van der Waals surface area contributed by atoms with E-state index in [1.807, 2.05) is 27.0 Å². The number of thioether (sulfide) groups is 1. The number of hydrogen-bond acceptors (Lipinski definition) is 4. The van der Waals surface area contributed by atoms with Crippen molar-refractivity contribution in [3.63, 3.8) is 0 Å². The molecule has 0 aromatic heterocycles. The number of carbonyl (C=O) groups is 2. The molecule has 5 heteroatoms. The summed E-state index contributed by atoms with van der Waals surface area (Å²) in [6.07, 6.45) is 3.37. The number of aldehydes is 1. The minimum atomic E-state index is -0.488. The second kappa shape index (κ2) is 6.71. The molecular weight excluding hydrogens is 214 g/mol. The molecule has 0 aromatic carbocycles. The van der Waals surface area contributed by atoms with Crippen molar-refractivity contribution >= 4 is 24.1 Å². The molecule has 0 rings (SSSR count). The van der Waals surface area contributed by atoms with Crippen molar-refractivity contribution in [3.05, 3.63) is 0 Å². The van der Waals surface area contributed by atoms with E-state index in [1.54, 1.807) is 0 Å². The number of amides is 1. The summed E-state index contributed by atoms with van der Waals surface area (Å²) in [4.78, 5) is 21.5. The van der Waals surface area contributed by atoms with Gasteiger partial charge in [0.15, 0.2) is 0 Å². The lowest BCUT2D eigenvalue weighted by atomic mass is 10.2. The first-order valence-corrected chi connectivity index (χ1v) is 6.14. The van der Waals surface area contributed by atoms with Crippen molar-refractivity contribution in [2.75, 3.05) is 6.26 Å². The van der Waals surface area contributed by atoms with Crippen LogP contribution in [-0.4, -0.2) is 29.6 Å². The van der Waals surface area contributed by atoms with Crippen LogP contribution in [-0.2, 0) is 9.53 Å². The summed E-state index contributed by atoms with van der Waals surface area (Å²) in [5, 5.41) is 2.64. The van der Waals surface area contributed by atoms with Crippen LogP contribution in [0, 0.1) is 0 Å². The van der Waals surface area contributed by atoms with E-state index in [4.69, 9.17) is 4.74 Å². The SMILES string of the molecule is CSC(CCC=O)NC(=O)OC(C)(C)C. The Kier molecular flexibility index (Phi) is 6.40. The molecule has 1 N–H and O–H groups in total. The summed E-state index contributed by atoms with van der Waals surface area (Å²) >= 11 is 1.49. The van der Waals surface area contributed by atoms with Crippen LogP contribution < -0.4 is 5.32 Å². The summed E-state index contributed by atoms with van der Waals surface area (Å²) in [7, 11) is 0. The van der Waals surface area contributed by atoms with Gasteiger partial charge >= 0.3 is 6.09 Å². The number of carbonyl (C=O) groups excluding carboxylic acids is 2. The number of ether oxygens (including phenoxy) is 1. The fraction of sp³-hybridized carbons (Fsp3) is 0.800. The molecule has 0 radical (unpaired) electrons. The summed E-state index contributed by atoms with van der Waals surface area (Å²) in [6.45, 7) is 5.43. The van der Waals surface area contributed by atoms with Crippen molar-refractivity contribution in [2.45, 2.75) is 44.6 Å². The first kappa shape index (κ1) is 14.3. The average molecular weight is 233 g/mol. The summed E-state index contributed by atoms with van der Waals surface area (Å²) in [5.41, 5.74) is -0.488. The smallest absolute Gasteiger partial charge is 0.408 e. The second-order valence-corrected chi connectivity index (χ2v) is 5.16. The van der Waals surface area contributed by atoms with E-state index in [2.05, 4.69) is 5.32 Å². The van der Waals surface area contributed by atoms with Gasteiger partial charge in [-0.05, 0) is 33.4 Å². The van der Waals surface area contributed by atoms with E-state index in [-0.39, 0.29) is 5.37 Å². The first-order chi connectivity index (χ1) is 6.89. The highest BCUT2D eigenvalue weighted by molar-refractivity contribution is 7.99. The fourth-order valence-electron chi connectivity index (χ4n) is 0.907. The van der Waals surface area contributed by atoms with Gasteiger partial charge in [0.2, 0.25) is 0 Å². The number of rotatable bonds is 5. The molecule has 1 unspecified atom stereocenters. The number of alkyl carbamates (subject to hydrolysis) is 1. The molecule has 0 saturated carbocycles. The largest absolute Gasteiger partial charge is 0.444 e. The molecule has 0 bridgehead atoms. The Balaban J connectivity index is 3.95. The van der Waals surface area contributed by atoms with E-state index in [0.29, 0.717) is 12.8 Å². The molecule has 0 aliphatic carbocycles. The Labute approximate surface area is 95.1 Å². The van der Waals surface area contributed by atoms with Gasteiger partial charge in [0.25, 0.3) is 0 Å². The van der Waals surface area contributed by atoms with Gasteiger partial charge in [-0.1, -0.05) is 0 Å². The van der Waals surface area contributed by atoms with Gasteiger partial charge in [-0.25, -0.2) is 4.79 Å². The summed E-state index contributed by atoms with van der Waals surface area (Å²) in [5.74, 6) is 0. The van der Waals surface area contributed by atoms with Gasteiger partial charge in [-0.2, -0.15) is 0 Å². The average Bonchev–Trinajstić information content (AvgIpc) is 2.09. The molecule has 15 heavy (non-hydrogen) atoms. The lowest BCUT2D eigenvalue weighted by Crippen LogP contribution is -2.37. The minimum Gasteiger partial charge on any atom is -0.444 e. The standard InChI is InChI=1S/C10H19NO3S/c1-10(2,3)14-9(13)11-8(15-4)6-5-7-12/h7-8H,5-6H2,1-4H3,(H,11,13). The van der Waals surface area contributed by atoms with Crippen LogP contribution in [0.5, 0.6) is 0 Å². The monoisotopic (exact) mass is 233 g/mol. The normalized spacial score (nSPS) is 13.1. The molecule has 0 heterocycles. The summed E-state index contributed by atoms with van der Waals surface area (Å²) in [6, 6.07) is 0. The maximum Gasteiger partial charge on any atom is 0.408 e. The third kappa shape index (κ3) is 8.30. The topological polar surface area (TPSA) is 55.4 Å². The quantitative estimate of drug-likeness (QED) is 0.584. The third-order valence-electron chi connectivity index (χ3n) is 1.51. The zero-order valence-electron chi connectivity index (χ0n) is 9.70. The van der Waals surface area contributed by atoms with E-state index in [1.165, 1.54) is 11.8 Å². The van der Waals surface area contributed by atoms with Crippen molar-refractivity contribution in [1.82, 2.24) is 5.32 Å². The fourth-order valence-corrected chi connectivity index (χ4v) is 1.49. The Morgan fingerprint density at radius 1 is 1.53 bits per heavy atom. The van der Waals surface area contributed by atoms with Crippen LogP contribution in [0.15, 0.2) is 0 Å². The van der Waals surface area contributed by atoms with Crippen molar-refractivity contribution < 1.29 is 14.3 Å². The maximum absolute atomic E-state index is 11.4. The highest BCUT2D eigenvalue weighted by Crippen LogP contribution is 2.12. The van der Waals surface area contributed by atoms with Crippen LogP contribution >= 0.6 is 11.8 Å². The van der Waals surface area contributed by atoms with Gasteiger partial charge in [0.1, 0.15) is 11.9 Å². The summed E-state index contributed by atoms with van der Waals surface area (Å²) < 4.78 is 5.10. The van der Waals surface area contributed by atoms with Gasteiger partial charge < -0.3 is 14.8 Å².